The molecule has 0 amide bonds. The maximum absolute atomic E-state index is 10.7. The minimum Gasteiger partial charge on any atom is -0.496 e. The summed E-state index contributed by atoms with van der Waals surface area (Å²) in [6.45, 7) is 0. The molecule has 14 heavy (non-hydrogen) atoms. The quantitative estimate of drug-likeness (QED) is 0.698. The van der Waals surface area contributed by atoms with Crippen molar-refractivity contribution in [2.75, 3.05) is 7.11 Å². The van der Waals surface area contributed by atoms with Gasteiger partial charge in [-0.3, -0.25) is 4.79 Å². The van der Waals surface area contributed by atoms with Gasteiger partial charge in [-0.2, -0.15) is 0 Å². The smallest absolute Gasteiger partial charge is 0.147 e. The largest absolute Gasteiger partial charge is 0.496 e. The molecule has 0 aromatic heterocycles. The summed E-state index contributed by atoms with van der Waals surface area (Å²) >= 11 is 6.06. The Balaban J connectivity index is 2.61. The van der Waals surface area contributed by atoms with Crippen molar-refractivity contribution in [2.45, 2.75) is 6.42 Å². The van der Waals surface area contributed by atoms with Gasteiger partial charge in [0.25, 0.3) is 0 Å². The van der Waals surface area contributed by atoms with E-state index >= 15 is 0 Å². The molecule has 0 fully saturated rings. The zero-order valence-corrected chi connectivity index (χ0v) is 8.47. The molecule has 0 spiro atoms. The zero-order valence-electron chi connectivity index (χ0n) is 7.71. The monoisotopic (exact) mass is 208 g/mol. The Labute approximate surface area is 87.1 Å². The van der Waals surface area contributed by atoms with Crippen LogP contribution in [0.4, 0.5) is 0 Å². The van der Waals surface area contributed by atoms with Gasteiger partial charge in [0.15, 0.2) is 0 Å². The number of fused-ring (bicyclic) bond motifs is 1. The van der Waals surface area contributed by atoms with Crippen LogP contribution in [0, 0.1) is 0 Å². The normalized spacial score (nSPS) is 14.1. The number of carbonyl (C=O) groups excluding carboxylic acids is 1. The van der Waals surface area contributed by atoms with Crippen LogP contribution in [-0.2, 0) is 11.2 Å². The van der Waals surface area contributed by atoms with Gasteiger partial charge in [-0.05, 0) is 11.6 Å². The fraction of sp³-hybridized carbons (Fsp3) is 0.182. The maximum Gasteiger partial charge on any atom is 0.147 e. The molecule has 1 aliphatic carbocycles. The van der Waals surface area contributed by atoms with Crippen molar-refractivity contribution >= 4 is 22.9 Å². The Morgan fingerprint density at radius 2 is 2.29 bits per heavy atom. The molecule has 0 unspecified atom stereocenters. The van der Waals surface area contributed by atoms with Crippen LogP contribution in [0.3, 0.4) is 0 Å². The zero-order chi connectivity index (χ0) is 10.1. The van der Waals surface area contributed by atoms with Gasteiger partial charge in [0.2, 0.25) is 0 Å². The summed E-state index contributed by atoms with van der Waals surface area (Å²) < 4.78 is 5.19. The molecule has 0 bridgehead atoms. The van der Waals surface area contributed by atoms with Crippen LogP contribution < -0.4 is 4.74 Å². The number of aldehydes is 1. The highest BCUT2D eigenvalue weighted by Gasteiger charge is 2.22. The Morgan fingerprint density at radius 3 is 2.93 bits per heavy atom. The van der Waals surface area contributed by atoms with Gasteiger partial charge in [0.05, 0.1) is 12.1 Å². The second-order valence-electron chi connectivity index (χ2n) is 3.13. The number of ether oxygens (including phenoxy) is 1. The highest BCUT2D eigenvalue weighted by molar-refractivity contribution is 6.51. The Bertz CT molecular complexity index is 421. The van der Waals surface area contributed by atoms with Crippen molar-refractivity contribution in [3.63, 3.8) is 0 Å². The van der Waals surface area contributed by atoms with Crippen LogP contribution in [0.2, 0.25) is 0 Å². The number of halogens is 1. The van der Waals surface area contributed by atoms with Crippen LogP contribution in [0.25, 0.3) is 5.03 Å². The summed E-state index contributed by atoms with van der Waals surface area (Å²) in [5, 5.41) is 0.521. The molecule has 0 heterocycles. The Hall–Kier alpha value is -1.28. The van der Waals surface area contributed by atoms with Crippen LogP contribution in [-0.4, -0.2) is 13.4 Å². The summed E-state index contributed by atoms with van der Waals surface area (Å²) in [6.07, 6.45) is 1.41. The fourth-order valence-corrected chi connectivity index (χ4v) is 2.01. The number of allylic oxidation sites excluding steroid dienone is 1. The lowest BCUT2D eigenvalue weighted by Crippen LogP contribution is -1.89. The van der Waals surface area contributed by atoms with E-state index in [2.05, 4.69) is 0 Å². The number of rotatable bonds is 2. The Morgan fingerprint density at radius 1 is 1.50 bits per heavy atom. The van der Waals surface area contributed by atoms with Gasteiger partial charge in [0.1, 0.15) is 12.0 Å². The minimum atomic E-state index is 0.521. The first-order valence-electron chi connectivity index (χ1n) is 4.28. The highest BCUT2D eigenvalue weighted by Crippen LogP contribution is 2.40. The van der Waals surface area contributed by atoms with Crippen molar-refractivity contribution in [1.29, 1.82) is 0 Å². The molecule has 0 saturated heterocycles. The van der Waals surface area contributed by atoms with Gasteiger partial charge in [0, 0.05) is 17.6 Å². The fourth-order valence-electron chi connectivity index (χ4n) is 1.68. The molecule has 2 nitrogen and oxygen atoms in total. The molecular formula is C11H9ClO2. The van der Waals surface area contributed by atoms with E-state index in [4.69, 9.17) is 16.3 Å². The van der Waals surface area contributed by atoms with Crippen LogP contribution in [0.5, 0.6) is 5.75 Å². The third-order valence-electron chi connectivity index (χ3n) is 2.36. The van der Waals surface area contributed by atoms with Crippen molar-refractivity contribution in [1.82, 2.24) is 0 Å². The van der Waals surface area contributed by atoms with E-state index < -0.39 is 0 Å². The number of hydrogen-bond acceptors (Lipinski definition) is 2. The average Bonchev–Trinajstić information content (AvgIpc) is 2.55. The SMILES string of the molecule is COc1cccc2c1C(Cl)=C(C=O)C2. The van der Waals surface area contributed by atoms with Gasteiger partial charge in [-0.1, -0.05) is 23.7 Å². The van der Waals surface area contributed by atoms with E-state index in [1.165, 1.54) is 0 Å². The van der Waals surface area contributed by atoms with E-state index in [1.54, 1.807) is 7.11 Å². The van der Waals surface area contributed by atoms with Gasteiger partial charge in [-0.25, -0.2) is 0 Å². The van der Waals surface area contributed by atoms with E-state index in [0.717, 1.165) is 23.2 Å². The van der Waals surface area contributed by atoms with Crippen molar-refractivity contribution in [3.05, 3.63) is 34.9 Å². The summed E-state index contributed by atoms with van der Waals surface area (Å²) in [5.41, 5.74) is 2.54. The predicted molar refractivity (Wildman–Crippen MR) is 55.5 cm³/mol. The molecule has 1 aliphatic rings. The molecular weight excluding hydrogens is 200 g/mol. The first-order valence-corrected chi connectivity index (χ1v) is 4.65. The lowest BCUT2D eigenvalue weighted by atomic mass is 10.1. The molecule has 0 N–H and O–H groups in total. The van der Waals surface area contributed by atoms with Gasteiger partial charge >= 0.3 is 0 Å². The molecule has 0 aliphatic heterocycles. The molecule has 1 aromatic rings. The lowest BCUT2D eigenvalue weighted by molar-refractivity contribution is -0.104. The van der Waals surface area contributed by atoms with Gasteiger partial charge < -0.3 is 4.74 Å². The third-order valence-corrected chi connectivity index (χ3v) is 2.79. The van der Waals surface area contributed by atoms with Crippen molar-refractivity contribution in [3.8, 4) is 5.75 Å². The number of hydrogen-bond donors (Lipinski definition) is 0. The molecule has 2 rings (SSSR count). The first-order chi connectivity index (χ1) is 6.77. The van der Waals surface area contributed by atoms with Crippen molar-refractivity contribution in [2.24, 2.45) is 0 Å². The van der Waals surface area contributed by atoms with E-state index in [0.29, 0.717) is 17.0 Å². The average molecular weight is 209 g/mol. The van der Waals surface area contributed by atoms with Crippen LogP contribution >= 0.6 is 11.6 Å². The van der Waals surface area contributed by atoms with Gasteiger partial charge in [-0.15, -0.1) is 0 Å². The Kier molecular flexibility index (Phi) is 2.30. The topological polar surface area (TPSA) is 26.3 Å². The molecule has 0 atom stereocenters. The van der Waals surface area contributed by atoms with E-state index in [-0.39, 0.29) is 0 Å². The van der Waals surface area contributed by atoms with Crippen molar-refractivity contribution < 1.29 is 9.53 Å². The van der Waals surface area contributed by atoms with E-state index in [9.17, 15) is 4.79 Å². The third kappa shape index (κ3) is 1.23. The summed E-state index contributed by atoms with van der Waals surface area (Å²) in [5.74, 6) is 0.726. The number of methoxy groups -OCH3 is 1. The van der Waals surface area contributed by atoms with Crippen LogP contribution in [0.1, 0.15) is 11.1 Å². The molecule has 3 heteroatoms. The highest BCUT2D eigenvalue weighted by atomic mass is 35.5. The predicted octanol–water partition coefficient (Wildman–Crippen LogP) is 2.40. The first kappa shape index (κ1) is 9.28. The number of benzene rings is 1. The second kappa shape index (κ2) is 3.46. The molecule has 0 radical (unpaired) electrons. The minimum absolute atomic E-state index is 0.521. The molecule has 0 saturated carbocycles. The maximum atomic E-state index is 10.7. The lowest BCUT2D eigenvalue weighted by Gasteiger charge is -2.06. The summed E-state index contributed by atoms with van der Waals surface area (Å²) in [6, 6.07) is 5.70. The second-order valence-corrected chi connectivity index (χ2v) is 3.51. The number of carbonyl (C=O) groups is 1. The summed E-state index contributed by atoms with van der Waals surface area (Å²) in [4.78, 5) is 10.7. The standard InChI is InChI=1S/C11H9ClO2/c1-14-9-4-2-3-7-5-8(6-13)11(12)10(7)9/h2-4,6H,5H2,1H3. The summed E-state index contributed by atoms with van der Waals surface area (Å²) in [7, 11) is 1.60. The van der Waals surface area contributed by atoms with Crippen LogP contribution in [0.15, 0.2) is 23.8 Å². The molecule has 72 valence electrons. The molecule has 1 aromatic carbocycles. The van der Waals surface area contributed by atoms with E-state index in [1.807, 2.05) is 18.2 Å².